The lowest BCUT2D eigenvalue weighted by Gasteiger charge is -2.10. The summed E-state index contributed by atoms with van der Waals surface area (Å²) < 4.78 is 5.25. The molecule has 0 aliphatic heterocycles. The van der Waals surface area contributed by atoms with Gasteiger partial charge in [-0.3, -0.25) is 4.79 Å². The minimum Gasteiger partial charge on any atom is -0.463 e. The van der Waals surface area contributed by atoms with E-state index in [0.29, 0.717) is 6.42 Å². The van der Waals surface area contributed by atoms with Gasteiger partial charge in [0.15, 0.2) is 0 Å². The van der Waals surface area contributed by atoms with Crippen molar-refractivity contribution in [3.63, 3.8) is 0 Å². The highest BCUT2D eigenvalue weighted by Crippen LogP contribution is 2.12. The first kappa shape index (κ1) is 19.5. The summed E-state index contributed by atoms with van der Waals surface area (Å²) in [6.07, 6.45) is 16.1. The molecule has 0 aliphatic carbocycles. The zero-order chi connectivity index (χ0) is 15.1. The van der Waals surface area contributed by atoms with E-state index in [0.717, 1.165) is 12.8 Å². The summed E-state index contributed by atoms with van der Waals surface area (Å²) in [4.78, 5) is 11.5. The van der Waals surface area contributed by atoms with Crippen LogP contribution in [0.25, 0.3) is 0 Å². The van der Waals surface area contributed by atoms with Crippen LogP contribution in [0, 0.1) is 0 Å². The Morgan fingerprint density at radius 1 is 0.800 bits per heavy atom. The van der Waals surface area contributed by atoms with Gasteiger partial charge in [0.1, 0.15) is 0 Å². The molecule has 0 N–H and O–H groups in total. The molecule has 0 fully saturated rings. The highest BCUT2D eigenvalue weighted by atomic mass is 16.5. The maximum absolute atomic E-state index is 11.5. The Morgan fingerprint density at radius 3 is 1.70 bits per heavy atom. The summed E-state index contributed by atoms with van der Waals surface area (Å²) in [5, 5.41) is 0. The molecule has 2 heteroatoms. The van der Waals surface area contributed by atoms with Gasteiger partial charge in [0.2, 0.25) is 0 Å². The first-order chi connectivity index (χ1) is 9.70. The summed E-state index contributed by atoms with van der Waals surface area (Å²) in [7, 11) is 0. The number of hydrogen-bond acceptors (Lipinski definition) is 2. The first-order valence-electron chi connectivity index (χ1n) is 8.90. The second-order valence-electron chi connectivity index (χ2n) is 5.99. The van der Waals surface area contributed by atoms with Gasteiger partial charge < -0.3 is 4.74 Å². The van der Waals surface area contributed by atoms with Crippen LogP contribution in [0.5, 0.6) is 0 Å². The second kappa shape index (κ2) is 14.9. The highest BCUT2D eigenvalue weighted by molar-refractivity contribution is 5.69. The molecule has 0 amide bonds. The van der Waals surface area contributed by atoms with E-state index in [2.05, 4.69) is 6.92 Å². The topological polar surface area (TPSA) is 26.3 Å². The molecule has 0 rings (SSSR count). The van der Waals surface area contributed by atoms with Crippen LogP contribution in [0.15, 0.2) is 0 Å². The van der Waals surface area contributed by atoms with E-state index in [4.69, 9.17) is 4.74 Å². The van der Waals surface area contributed by atoms with Crippen molar-refractivity contribution in [1.82, 2.24) is 0 Å². The zero-order valence-electron chi connectivity index (χ0n) is 14.1. The van der Waals surface area contributed by atoms with Gasteiger partial charge in [-0.05, 0) is 19.8 Å². The van der Waals surface area contributed by atoms with E-state index in [1.54, 1.807) is 0 Å². The Bertz CT molecular complexity index is 213. The lowest BCUT2D eigenvalue weighted by molar-refractivity contribution is -0.148. The Morgan fingerprint density at radius 2 is 1.25 bits per heavy atom. The monoisotopic (exact) mass is 284 g/mol. The smallest absolute Gasteiger partial charge is 0.306 e. The predicted molar refractivity (Wildman–Crippen MR) is 86.9 cm³/mol. The summed E-state index contributed by atoms with van der Waals surface area (Å²) in [6, 6.07) is 0. The van der Waals surface area contributed by atoms with E-state index in [1.165, 1.54) is 64.2 Å². The molecule has 2 nitrogen and oxygen atoms in total. The molecule has 20 heavy (non-hydrogen) atoms. The molecule has 0 radical (unpaired) electrons. The summed E-state index contributed by atoms with van der Waals surface area (Å²) in [5.41, 5.74) is 0. The van der Waals surface area contributed by atoms with Gasteiger partial charge in [-0.2, -0.15) is 0 Å². The molecule has 0 aliphatic rings. The van der Waals surface area contributed by atoms with Crippen molar-refractivity contribution >= 4 is 5.97 Å². The Hall–Kier alpha value is -0.530. The maximum atomic E-state index is 11.5. The minimum atomic E-state index is -0.0183. The van der Waals surface area contributed by atoms with Crippen molar-refractivity contribution < 1.29 is 9.53 Å². The van der Waals surface area contributed by atoms with E-state index in [-0.39, 0.29) is 12.1 Å². The van der Waals surface area contributed by atoms with Crippen LogP contribution in [0.4, 0.5) is 0 Å². The molecular formula is C18H36O2. The van der Waals surface area contributed by atoms with Gasteiger partial charge in [-0.15, -0.1) is 0 Å². The highest BCUT2D eigenvalue weighted by Gasteiger charge is 2.06. The van der Waals surface area contributed by atoms with Crippen LogP contribution < -0.4 is 0 Å². The Balaban J connectivity index is 3.14. The van der Waals surface area contributed by atoms with Crippen molar-refractivity contribution in [2.24, 2.45) is 0 Å². The van der Waals surface area contributed by atoms with Crippen LogP contribution in [0.2, 0.25) is 0 Å². The minimum absolute atomic E-state index is 0.0183. The quantitative estimate of drug-likeness (QED) is 0.287. The van der Waals surface area contributed by atoms with E-state index >= 15 is 0 Å². The largest absolute Gasteiger partial charge is 0.463 e. The standard InChI is InChI=1S/C18H36O2/c1-4-6-7-8-9-10-11-12-13-14-15-16-18(19)20-17(3)5-2/h17H,4-16H2,1-3H3/t17-/m1/s1. The van der Waals surface area contributed by atoms with E-state index in [9.17, 15) is 4.79 Å². The number of hydrogen-bond donors (Lipinski definition) is 0. The SMILES string of the molecule is CCCCCCCCCCCCCC(=O)O[C@H](C)CC. The average molecular weight is 284 g/mol. The molecule has 0 aromatic carbocycles. The third kappa shape index (κ3) is 13.9. The van der Waals surface area contributed by atoms with E-state index < -0.39 is 0 Å². The summed E-state index contributed by atoms with van der Waals surface area (Å²) in [5.74, 6) is -0.0183. The lowest BCUT2D eigenvalue weighted by atomic mass is 10.1. The Kier molecular flexibility index (Phi) is 14.5. The van der Waals surface area contributed by atoms with Crippen LogP contribution in [0.1, 0.15) is 104 Å². The van der Waals surface area contributed by atoms with Crippen molar-refractivity contribution in [3.05, 3.63) is 0 Å². The molecule has 0 bridgehead atoms. The number of carbonyl (C=O) groups is 1. The van der Waals surface area contributed by atoms with Crippen molar-refractivity contribution in [3.8, 4) is 0 Å². The van der Waals surface area contributed by atoms with Crippen molar-refractivity contribution in [2.75, 3.05) is 0 Å². The predicted octanol–water partition coefficient (Wildman–Crippen LogP) is 6.03. The van der Waals surface area contributed by atoms with Gasteiger partial charge >= 0.3 is 5.97 Å². The zero-order valence-corrected chi connectivity index (χ0v) is 14.1. The fourth-order valence-corrected chi connectivity index (χ4v) is 2.30. The Labute approximate surface area is 126 Å². The molecule has 0 aromatic heterocycles. The third-order valence-corrected chi connectivity index (χ3v) is 3.89. The number of rotatable bonds is 14. The normalized spacial score (nSPS) is 12.3. The van der Waals surface area contributed by atoms with Gasteiger partial charge in [0, 0.05) is 6.42 Å². The number of carbonyl (C=O) groups excluding carboxylic acids is 1. The van der Waals surface area contributed by atoms with Crippen molar-refractivity contribution in [2.45, 2.75) is 110 Å². The fourth-order valence-electron chi connectivity index (χ4n) is 2.30. The average Bonchev–Trinajstić information content (AvgIpc) is 2.44. The van der Waals surface area contributed by atoms with Gasteiger partial charge in [0.05, 0.1) is 6.10 Å². The van der Waals surface area contributed by atoms with Gasteiger partial charge in [0.25, 0.3) is 0 Å². The van der Waals surface area contributed by atoms with Crippen LogP contribution in [0.3, 0.4) is 0 Å². The number of ether oxygens (including phenoxy) is 1. The molecule has 120 valence electrons. The number of esters is 1. The van der Waals surface area contributed by atoms with E-state index in [1.807, 2.05) is 13.8 Å². The summed E-state index contributed by atoms with van der Waals surface area (Å²) in [6.45, 7) is 6.26. The number of unbranched alkanes of at least 4 members (excludes halogenated alkanes) is 10. The molecule has 1 atom stereocenters. The molecule has 0 spiro atoms. The van der Waals surface area contributed by atoms with Crippen LogP contribution in [-0.4, -0.2) is 12.1 Å². The second-order valence-corrected chi connectivity index (χ2v) is 5.99. The summed E-state index contributed by atoms with van der Waals surface area (Å²) >= 11 is 0. The molecule has 0 saturated heterocycles. The van der Waals surface area contributed by atoms with Crippen LogP contribution >= 0.6 is 0 Å². The molecular weight excluding hydrogens is 248 g/mol. The first-order valence-corrected chi connectivity index (χ1v) is 8.90. The molecule has 0 aromatic rings. The van der Waals surface area contributed by atoms with Crippen LogP contribution in [-0.2, 0) is 9.53 Å². The molecule has 0 saturated carbocycles. The lowest BCUT2D eigenvalue weighted by Crippen LogP contribution is -2.13. The fraction of sp³-hybridized carbons (Fsp3) is 0.944. The van der Waals surface area contributed by atoms with Crippen molar-refractivity contribution in [1.29, 1.82) is 0 Å². The van der Waals surface area contributed by atoms with Gasteiger partial charge in [-0.25, -0.2) is 0 Å². The maximum Gasteiger partial charge on any atom is 0.306 e. The molecule has 0 unspecified atom stereocenters. The third-order valence-electron chi connectivity index (χ3n) is 3.89. The van der Waals surface area contributed by atoms with Gasteiger partial charge in [-0.1, -0.05) is 78.1 Å². The molecule has 0 heterocycles.